The minimum absolute atomic E-state index is 0.0970. The molecular formula is C47H42N8O2. The molecule has 5 heterocycles. The lowest BCUT2D eigenvalue weighted by Crippen LogP contribution is -2.10. The number of rotatable bonds is 0. The number of carboxylic acid groups (broad SMARTS) is 1. The predicted octanol–water partition coefficient (Wildman–Crippen LogP) is 10.2. The van der Waals surface area contributed by atoms with Gasteiger partial charge in [-0.1, -0.05) is 105 Å². The molecule has 2 aliphatic heterocycles. The van der Waals surface area contributed by atoms with Gasteiger partial charge in [-0.25, -0.2) is 34.7 Å². The van der Waals surface area contributed by atoms with Crippen molar-refractivity contribution in [3.05, 3.63) is 95.1 Å². The Hall–Kier alpha value is -6.73. The molecule has 0 amide bonds. The van der Waals surface area contributed by atoms with Crippen molar-refractivity contribution in [3.8, 4) is 57.4 Å². The summed E-state index contributed by atoms with van der Waals surface area (Å²) in [6.45, 7) is 19.7. The Balaban J connectivity index is 1.46. The molecule has 7 aromatic rings. The van der Waals surface area contributed by atoms with E-state index in [4.69, 9.17) is 29.9 Å². The van der Waals surface area contributed by atoms with Gasteiger partial charge in [-0.15, -0.1) is 0 Å². The van der Waals surface area contributed by atoms with E-state index in [1.807, 2.05) is 12.1 Å². The second kappa shape index (κ2) is 12.4. The minimum atomic E-state index is -1.21. The molecule has 282 valence electrons. The maximum Gasteiger partial charge on any atom is 0.382 e. The Morgan fingerprint density at radius 2 is 0.860 bits per heavy atom. The summed E-state index contributed by atoms with van der Waals surface area (Å²) in [6.07, 6.45) is 0. The largest absolute Gasteiger partial charge is 0.472 e. The fraction of sp³-hybridized carbons (Fsp3) is 0.255. The fourth-order valence-electron chi connectivity index (χ4n) is 7.40. The van der Waals surface area contributed by atoms with Crippen molar-refractivity contribution in [3.63, 3.8) is 0 Å². The van der Waals surface area contributed by atoms with Crippen molar-refractivity contribution in [2.45, 2.75) is 78.6 Å². The van der Waals surface area contributed by atoms with Gasteiger partial charge in [0.05, 0.1) is 0 Å². The summed E-state index contributed by atoms with van der Waals surface area (Å²) in [5.41, 5.74) is 9.42. The number of carbonyl (C=O) groups is 1. The fourth-order valence-corrected chi connectivity index (χ4v) is 7.40. The van der Waals surface area contributed by atoms with Gasteiger partial charge in [-0.2, -0.15) is 0 Å². The van der Waals surface area contributed by atoms with Crippen molar-refractivity contribution in [2.24, 2.45) is 0 Å². The molecule has 0 radical (unpaired) electrons. The molecule has 0 saturated carbocycles. The van der Waals surface area contributed by atoms with Gasteiger partial charge in [0.1, 0.15) is 22.6 Å². The molecule has 0 unspecified atom stereocenters. The number of aliphatic carboxylic acids is 1. The van der Waals surface area contributed by atoms with Crippen LogP contribution in [0, 0.1) is 11.8 Å². The Morgan fingerprint density at radius 3 is 1.32 bits per heavy atom. The summed E-state index contributed by atoms with van der Waals surface area (Å²) in [7, 11) is 0. The highest BCUT2D eigenvalue weighted by Crippen LogP contribution is 2.40. The third kappa shape index (κ3) is 6.29. The summed E-state index contributed by atoms with van der Waals surface area (Å²) in [5, 5.41) is 12.6. The van der Waals surface area contributed by atoms with Gasteiger partial charge in [0.15, 0.2) is 23.3 Å². The number of hydrogen-bond acceptors (Lipinski definition) is 7. The molecule has 3 N–H and O–H groups in total. The van der Waals surface area contributed by atoms with Crippen LogP contribution in [0.4, 0.5) is 0 Å². The second-order valence-corrected chi connectivity index (χ2v) is 18.0. The number of benzene rings is 4. The van der Waals surface area contributed by atoms with Crippen LogP contribution in [0.5, 0.6) is 0 Å². The third-order valence-electron chi connectivity index (χ3n) is 10.7. The first-order valence-corrected chi connectivity index (χ1v) is 19.1. The first-order valence-electron chi connectivity index (χ1n) is 19.1. The summed E-state index contributed by atoms with van der Waals surface area (Å²) in [6, 6.07) is 24.7. The average molecular weight is 751 g/mol. The van der Waals surface area contributed by atoms with Gasteiger partial charge < -0.3 is 15.1 Å². The van der Waals surface area contributed by atoms with Crippen molar-refractivity contribution < 1.29 is 9.90 Å². The first kappa shape index (κ1) is 35.9. The van der Waals surface area contributed by atoms with Crippen molar-refractivity contribution in [2.75, 3.05) is 0 Å². The van der Waals surface area contributed by atoms with E-state index in [1.54, 1.807) is 6.07 Å². The van der Waals surface area contributed by atoms with Crippen LogP contribution in [0.15, 0.2) is 72.8 Å². The lowest BCUT2D eigenvalue weighted by molar-refractivity contribution is -0.130. The average Bonchev–Trinajstić information content (AvgIpc) is 3.87. The van der Waals surface area contributed by atoms with Crippen LogP contribution in [-0.2, 0) is 21.0 Å². The Morgan fingerprint density at radius 1 is 0.474 bits per heavy atom. The molecular weight excluding hydrogens is 709 g/mol. The van der Waals surface area contributed by atoms with E-state index in [0.717, 1.165) is 49.5 Å². The van der Waals surface area contributed by atoms with Gasteiger partial charge in [-0.3, -0.25) is 0 Å². The molecule has 10 nitrogen and oxygen atoms in total. The van der Waals surface area contributed by atoms with Crippen LogP contribution in [0.3, 0.4) is 0 Å². The lowest BCUT2D eigenvalue weighted by Gasteiger charge is -2.19. The normalized spacial score (nSPS) is 12.6. The van der Waals surface area contributed by atoms with Gasteiger partial charge in [-0.05, 0) is 69.3 Å². The first-order chi connectivity index (χ1) is 26.9. The van der Waals surface area contributed by atoms with Crippen molar-refractivity contribution in [1.82, 2.24) is 39.9 Å². The van der Waals surface area contributed by atoms with E-state index in [2.05, 4.69) is 139 Å². The van der Waals surface area contributed by atoms with E-state index >= 15 is 0 Å². The Kier molecular flexibility index (Phi) is 7.81. The summed E-state index contributed by atoms with van der Waals surface area (Å²) < 4.78 is 0. The number of carboxylic acids is 1. The van der Waals surface area contributed by atoms with E-state index in [-0.39, 0.29) is 16.2 Å². The zero-order chi connectivity index (χ0) is 40.2. The predicted molar refractivity (Wildman–Crippen MR) is 227 cm³/mol. The highest BCUT2D eigenvalue weighted by molar-refractivity contribution is 6.07. The molecule has 4 aromatic carbocycles. The molecule has 0 atom stereocenters. The van der Waals surface area contributed by atoms with E-state index < -0.39 is 5.97 Å². The molecule has 3 aromatic heterocycles. The van der Waals surface area contributed by atoms with Crippen LogP contribution in [0.2, 0.25) is 0 Å². The molecule has 8 bridgehead atoms. The topological polar surface area (TPSA) is 146 Å². The number of nitrogens with zero attached hydrogens (tertiary/aromatic N) is 6. The number of H-pyrrole nitrogens is 2. The molecule has 0 aliphatic carbocycles. The van der Waals surface area contributed by atoms with E-state index in [9.17, 15) is 9.90 Å². The van der Waals surface area contributed by atoms with Crippen LogP contribution < -0.4 is 0 Å². The Bertz CT molecular complexity index is 3100. The number of aromatic nitrogens is 8. The van der Waals surface area contributed by atoms with Crippen molar-refractivity contribution >= 4 is 50.1 Å². The number of fused-ring (bicyclic) bond motifs is 20. The summed E-state index contributed by atoms with van der Waals surface area (Å²) in [4.78, 5) is 49.5. The molecule has 9 rings (SSSR count). The van der Waals surface area contributed by atoms with Crippen LogP contribution in [0.1, 0.15) is 84.6 Å². The third-order valence-corrected chi connectivity index (χ3v) is 10.7. The molecule has 10 heteroatoms. The van der Waals surface area contributed by atoms with Gasteiger partial charge in [0, 0.05) is 55.3 Å². The quantitative estimate of drug-likeness (QED) is 0.130. The van der Waals surface area contributed by atoms with Gasteiger partial charge in [0.2, 0.25) is 0 Å². The number of aromatic amines is 2. The zero-order valence-corrected chi connectivity index (χ0v) is 33.5. The maximum atomic E-state index is 11.4. The van der Waals surface area contributed by atoms with Gasteiger partial charge >= 0.3 is 5.97 Å². The van der Waals surface area contributed by atoms with E-state index in [0.29, 0.717) is 56.8 Å². The molecule has 0 saturated heterocycles. The molecule has 2 aliphatic rings. The number of hydrogen-bond donors (Lipinski definition) is 3. The molecule has 57 heavy (non-hydrogen) atoms. The van der Waals surface area contributed by atoms with Crippen LogP contribution >= 0.6 is 0 Å². The SMILES string of the molecule is CC(C)(C)c1ccc2c(c1)-c1nc-2nc2[nH]c(nc3nc(nc4[nH]c(n1)c1ccc(C#CC(=O)O)cc41)-c1ccc(C(C)(C)C)cc1-3)c1ccc(C(C)(C)C)cc21. The minimum Gasteiger partial charge on any atom is -0.472 e. The highest BCUT2D eigenvalue weighted by Gasteiger charge is 2.26. The molecule has 0 spiro atoms. The highest BCUT2D eigenvalue weighted by atomic mass is 16.4. The summed E-state index contributed by atoms with van der Waals surface area (Å²) in [5.74, 6) is 5.83. The monoisotopic (exact) mass is 750 g/mol. The maximum absolute atomic E-state index is 11.4. The van der Waals surface area contributed by atoms with Crippen LogP contribution in [0.25, 0.3) is 89.7 Å². The van der Waals surface area contributed by atoms with E-state index in [1.165, 1.54) is 5.56 Å². The lowest BCUT2D eigenvalue weighted by atomic mass is 9.85. The Labute approximate surface area is 330 Å². The smallest absolute Gasteiger partial charge is 0.382 e. The standard InChI is InChI=1S/C47H42N8O2/c1-45(2,3)25-12-16-29-33(21-25)43-51-38(29)49-41-32-20-24(11-19-36(56)57)10-15-28(32)37(48-41)50-42-34-22-26(46(4,5)6)13-17-30(34)39(52-42)54-44-35-23-27(47(7,8)9)14-18-31(35)40(53-43)55-44/h10,12-18,20-23H,1-9H3,(H,56,57)(H2,48,49,50,51,52,53,54,55). The number of nitrogens with one attached hydrogen (secondary N) is 2. The summed E-state index contributed by atoms with van der Waals surface area (Å²) >= 11 is 0. The second-order valence-electron chi connectivity index (χ2n) is 18.0. The zero-order valence-electron chi connectivity index (χ0n) is 33.5. The molecule has 0 fully saturated rings. The van der Waals surface area contributed by atoms with Gasteiger partial charge in [0.25, 0.3) is 0 Å². The van der Waals surface area contributed by atoms with Crippen LogP contribution in [-0.4, -0.2) is 50.9 Å². The van der Waals surface area contributed by atoms with Crippen molar-refractivity contribution in [1.29, 1.82) is 0 Å².